The van der Waals surface area contributed by atoms with Gasteiger partial charge in [0.25, 0.3) is 0 Å². The second-order valence-corrected chi connectivity index (χ2v) is 6.45. The van der Waals surface area contributed by atoms with Gasteiger partial charge in [0.05, 0.1) is 12.0 Å². The molecule has 2 aliphatic rings. The molecule has 4 nitrogen and oxygen atoms in total. The highest BCUT2D eigenvalue weighted by molar-refractivity contribution is 5.79. The van der Waals surface area contributed by atoms with Crippen molar-refractivity contribution in [2.45, 2.75) is 44.8 Å². The number of fused-ring (bicyclic) bond motifs is 1. The molecule has 1 heterocycles. The normalized spacial score (nSPS) is 24.5. The minimum Gasteiger partial charge on any atom is -0.454 e. The third-order valence-electron chi connectivity index (χ3n) is 4.76. The standard InChI is InChI=1S/C17H20F3NO3/c1-10(11-5-6-14-15(8-11)24-9-23-14)21-16(22)12-3-2-4-13(7-12)17(18,19)20/h5-6,8,10,12-13H,2-4,7,9H2,1H3,(H,21,22). The monoisotopic (exact) mass is 343 g/mol. The van der Waals surface area contributed by atoms with Crippen LogP contribution in [0.15, 0.2) is 18.2 Å². The molecule has 3 unspecified atom stereocenters. The summed E-state index contributed by atoms with van der Waals surface area (Å²) in [4.78, 5) is 12.4. The second kappa shape index (κ2) is 6.53. The number of carbonyl (C=O) groups excluding carboxylic acids is 1. The number of hydrogen-bond donors (Lipinski definition) is 1. The summed E-state index contributed by atoms with van der Waals surface area (Å²) >= 11 is 0. The summed E-state index contributed by atoms with van der Waals surface area (Å²) in [5.41, 5.74) is 0.829. The smallest absolute Gasteiger partial charge is 0.391 e. The lowest BCUT2D eigenvalue weighted by atomic mass is 9.80. The van der Waals surface area contributed by atoms with E-state index in [2.05, 4.69) is 5.32 Å². The highest BCUT2D eigenvalue weighted by Crippen LogP contribution is 2.40. The van der Waals surface area contributed by atoms with E-state index < -0.39 is 18.0 Å². The van der Waals surface area contributed by atoms with Gasteiger partial charge in [0.15, 0.2) is 11.5 Å². The van der Waals surface area contributed by atoms with Gasteiger partial charge in [-0.1, -0.05) is 12.5 Å². The van der Waals surface area contributed by atoms with Crippen LogP contribution in [0.1, 0.15) is 44.2 Å². The van der Waals surface area contributed by atoms with E-state index in [0.29, 0.717) is 24.3 Å². The maximum absolute atomic E-state index is 12.9. The molecule has 1 aliphatic carbocycles. The van der Waals surface area contributed by atoms with E-state index in [1.165, 1.54) is 0 Å². The lowest BCUT2D eigenvalue weighted by molar-refractivity contribution is -0.186. The molecule has 1 aromatic rings. The number of benzene rings is 1. The highest BCUT2D eigenvalue weighted by Gasteiger charge is 2.43. The zero-order valence-corrected chi connectivity index (χ0v) is 13.4. The molecular formula is C17H20F3NO3. The molecule has 7 heteroatoms. The van der Waals surface area contributed by atoms with Crippen LogP contribution >= 0.6 is 0 Å². The molecule has 3 atom stereocenters. The van der Waals surface area contributed by atoms with Gasteiger partial charge >= 0.3 is 6.18 Å². The third kappa shape index (κ3) is 3.60. The molecule has 132 valence electrons. The van der Waals surface area contributed by atoms with Gasteiger partial charge in [0.2, 0.25) is 12.7 Å². The van der Waals surface area contributed by atoms with Gasteiger partial charge in [-0.3, -0.25) is 4.79 Å². The molecule has 0 bridgehead atoms. The molecule has 24 heavy (non-hydrogen) atoms. The Labute approximate surface area is 138 Å². The van der Waals surface area contributed by atoms with Crippen LogP contribution < -0.4 is 14.8 Å². The van der Waals surface area contributed by atoms with Crippen molar-refractivity contribution in [3.8, 4) is 11.5 Å². The van der Waals surface area contributed by atoms with Gasteiger partial charge in [0, 0.05) is 5.92 Å². The molecule has 0 spiro atoms. The quantitative estimate of drug-likeness (QED) is 0.904. The number of halogens is 3. The van der Waals surface area contributed by atoms with E-state index in [0.717, 1.165) is 5.56 Å². The lowest BCUT2D eigenvalue weighted by Gasteiger charge is -2.30. The zero-order valence-electron chi connectivity index (χ0n) is 13.4. The average Bonchev–Trinajstić information content (AvgIpc) is 3.01. The van der Waals surface area contributed by atoms with Crippen LogP contribution in [0.4, 0.5) is 13.2 Å². The third-order valence-corrected chi connectivity index (χ3v) is 4.76. The fourth-order valence-electron chi connectivity index (χ4n) is 3.32. The summed E-state index contributed by atoms with van der Waals surface area (Å²) in [6, 6.07) is 5.06. The van der Waals surface area contributed by atoms with Crippen molar-refractivity contribution >= 4 is 5.91 Å². The zero-order chi connectivity index (χ0) is 17.3. The Morgan fingerprint density at radius 1 is 1.25 bits per heavy atom. The van der Waals surface area contributed by atoms with Crippen LogP contribution in [-0.2, 0) is 4.79 Å². The summed E-state index contributed by atoms with van der Waals surface area (Å²) in [7, 11) is 0. The van der Waals surface area contributed by atoms with Gasteiger partial charge in [-0.25, -0.2) is 0 Å². The van der Waals surface area contributed by atoms with E-state index in [4.69, 9.17) is 9.47 Å². The van der Waals surface area contributed by atoms with E-state index in [-0.39, 0.29) is 31.6 Å². The molecule has 0 saturated heterocycles. The summed E-state index contributed by atoms with van der Waals surface area (Å²) in [5, 5.41) is 2.83. The maximum atomic E-state index is 12.9. The summed E-state index contributed by atoms with van der Waals surface area (Å²) in [5.74, 6) is -1.00. The first-order valence-electron chi connectivity index (χ1n) is 8.11. The van der Waals surface area contributed by atoms with E-state index in [9.17, 15) is 18.0 Å². The van der Waals surface area contributed by atoms with Crippen LogP contribution in [-0.4, -0.2) is 18.9 Å². The van der Waals surface area contributed by atoms with E-state index in [1.807, 2.05) is 6.07 Å². The summed E-state index contributed by atoms with van der Waals surface area (Å²) < 4.78 is 49.2. The van der Waals surface area contributed by atoms with Crippen LogP contribution in [0.2, 0.25) is 0 Å². The average molecular weight is 343 g/mol. The van der Waals surface area contributed by atoms with Crippen LogP contribution in [0.5, 0.6) is 11.5 Å². The predicted octanol–water partition coefficient (Wildman–Crippen LogP) is 3.96. The first-order chi connectivity index (χ1) is 11.3. The van der Waals surface area contributed by atoms with Gasteiger partial charge in [-0.15, -0.1) is 0 Å². The van der Waals surface area contributed by atoms with Crippen molar-refractivity contribution in [1.82, 2.24) is 5.32 Å². The second-order valence-electron chi connectivity index (χ2n) is 6.45. The number of nitrogens with one attached hydrogen (secondary N) is 1. The SMILES string of the molecule is CC(NC(=O)C1CCCC(C(F)(F)F)C1)c1ccc2c(c1)OCO2. The number of amides is 1. The van der Waals surface area contributed by atoms with Crippen molar-refractivity contribution in [2.24, 2.45) is 11.8 Å². The number of alkyl halides is 3. The minimum atomic E-state index is -4.22. The minimum absolute atomic E-state index is 0.116. The Bertz CT molecular complexity index is 618. The van der Waals surface area contributed by atoms with E-state index in [1.54, 1.807) is 19.1 Å². The summed E-state index contributed by atoms with van der Waals surface area (Å²) in [6.07, 6.45) is -3.29. The topological polar surface area (TPSA) is 47.6 Å². The van der Waals surface area contributed by atoms with Crippen molar-refractivity contribution < 1.29 is 27.4 Å². The molecule has 1 aliphatic heterocycles. The van der Waals surface area contributed by atoms with Crippen LogP contribution in [0.3, 0.4) is 0 Å². The Kier molecular flexibility index (Phi) is 4.60. The Morgan fingerprint density at radius 2 is 2.00 bits per heavy atom. The first kappa shape index (κ1) is 16.9. The number of hydrogen-bond acceptors (Lipinski definition) is 3. The Hall–Kier alpha value is -1.92. The van der Waals surface area contributed by atoms with Crippen molar-refractivity contribution in [3.63, 3.8) is 0 Å². The lowest BCUT2D eigenvalue weighted by Crippen LogP contribution is -2.38. The molecule has 1 N–H and O–H groups in total. The number of carbonyl (C=O) groups is 1. The molecule has 0 radical (unpaired) electrons. The largest absolute Gasteiger partial charge is 0.454 e. The highest BCUT2D eigenvalue weighted by atomic mass is 19.4. The van der Waals surface area contributed by atoms with Gasteiger partial charge < -0.3 is 14.8 Å². The van der Waals surface area contributed by atoms with Gasteiger partial charge in [-0.2, -0.15) is 13.2 Å². The fraction of sp³-hybridized carbons (Fsp3) is 0.588. The molecule has 1 fully saturated rings. The first-order valence-corrected chi connectivity index (χ1v) is 8.11. The Balaban J connectivity index is 1.61. The molecule has 1 saturated carbocycles. The van der Waals surface area contributed by atoms with Crippen LogP contribution in [0.25, 0.3) is 0 Å². The maximum Gasteiger partial charge on any atom is 0.391 e. The fourth-order valence-corrected chi connectivity index (χ4v) is 3.32. The Morgan fingerprint density at radius 3 is 2.75 bits per heavy atom. The molecule has 1 amide bonds. The van der Waals surface area contributed by atoms with Gasteiger partial charge in [-0.05, 0) is 43.9 Å². The summed E-state index contributed by atoms with van der Waals surface area (Å²) in [6.45, 7) is 1.97. The van der Waals surface area contributed by atoms with Crippen LogP contribution in [0, 0.1) is 11.8 Å². The molecule has 3 rings (SSSR count). The number of rotatable bonds is 3. The van der Waals surface area contributed by atoms with Crippen molar-refractivity contribution in [3.05, 3.63) is 23.8 Å². The molecule has 0 aromatic heterocycles. The van der Waals surface area contributed by atoms with Crippen molar-refractivity contribution in [1.29, 1.82) is 0 Å². The number of ether oxygens (including phenoxy) is 2. The molecule has 1 aromatic carbocycles. The van der Waals surface area contributed by atoms with Crippen molar-refractivity contribution in [2.75, 3.05) is 6.79 Å². The van der Waals surface area contributed by atoms with Gasteiger partial charge in [0.1, 0.15) is 0 Å². The molecular weight excluding hydrogens is 323 g/mol. The van der Waals surface area contributed by atoms with E-state index >= 15 is 0 Å². The predicted molar refractivity (Wildman–Crippen MR) is 80.6 cm³/mol.